The maximum atomic E-state index is 5.79. The van der Waals surface area contributed by atoms with Gasteiger partial charge in [-0.3, -0.25) is 4.99 Å². The number of hydrogen-bond donors (Lipinski definition) is 2. The lowest BCUT2D eigenvalue weighted by atomic mass is 9.86. The van der Waals surface area contributed by atoms with Crippen molar-refractivity contribution < 1.29 is 4.74 Å². The second-order valence-electron chi connectivity index (χ2n) is 5.13. The summed E-state index contributed by atoms with van der Waals surface area (Å²) < 4.78 is 5.79. The van der Waals surface area contributed by atoms with Crippen LogP contribution < -0.4 is 15.8 Å². The van der Waals surface area contributed by atoms with E-state index >= 15 is 0 Å². The minimum absolute atomic E-state index is 0. The summed E-state index contributed by atoms with van der Waals surface area (Å²) in [4.78, 5) is 3.82. The van der Waals surface area contributed by atoms with Gasteiger partial charge in [-0.2, -0.15) is 0 Å². The third-order valence-electron chi connectivity index (χ3n) is 2.60. The minimum Gasteiger partial charge on any atom is -0.491 e. The van der Waals surface area contributed by atoms with E-state index in [1.165, 1.54) is 5.56 Å². The van der Waals surface area contributed by atoms with Crippen molar-refractivity contribution in [2.24, 2.45) is 10.7 Å². The van der Waals surface area contributed by atoms with Gasteiger partial charge in [-0.05, 0) is 17.0 Å². The van der Waals surface area contributed by atoms with Crippen LogP contribution in [0, 0.1) is 0 Å². The molecule has 5 heteroatoms. The Morgan fingerprint density at radius 3 is 2.53 bits per heavy atom. The van der Waals surface area contributed by atoms with Gasteiger partial charge in [0.2, 0.25) is 0 Å². The largest absolute Gasteiger partial charge is 0.491 e. The van der Waals surface area contributed by atoms with E-state index in [1.807, 2.05) is 18.2 Å². The Bertz CT molecular complexity index is 413. The average molecular weight is 377 g/mol. The van der Waals surface area contributed by atoms with Crippen molar-refractivity contribution in [3.63, 3.8) is 0 Å². The molecular formula is C14H24IN3O. The zero-order valence-corrected chi connectivity index (χ0v) is 14.4. The van der Waals surface area contributed by atoms with Crippen molar-refractivity contribution in [2.45, 2.75) is 26.2 Å². The van der Waals surface area contributed by atoms with Crippen molar-refractivity contribution in [1.29, 1.82) is 0 Å². The zero-order valence-electron chi connectivity index (χ0n) is 12.1. The maximum Gasteiger partial charge on any atom is 0.188 e. The van der Waals surface area contributed by atoms with Crippen LogP contribution in [-0.2, 0) is 5.41 Å². The van der Waals surface area contributed by atoms with Gasteiger partial charge in [-0.1, -0.05) is 39.0 Å². The average Bonchev–Trinajstić information content (AvgIpc) is 2.33. The molecule has 0 aliphatic rings. The molecular weight excluding hydrogens is 353 g/mol. The van der Waals surface area contributed by atoms with Gasteiger partial charge in [0.05, 0.1) is 6.54 Å². The fourth-order valence-electron chi connectivity index (χ4n) is 1.63. The molecule has 0 aliphatic heterocycles. The molecule has 0 radical (unpaired) electrons. The molecule has 0 atom stereocenters. The first-order valence-electron chi connectivity index (χ1n) is 6.13. The van der Waals surface area contributed by atoms with E-state index in [2.05, 4.69) is 37.1 Å². The summed E-state index contributed by atoms with van der Waals surface area (Å²) in [6, 6.07) is 8.12. The maximum absolute atomic E-state index is 5.79. The summed E-state index contributed by atoms with van der Waals surface area (Å²) in [6.07, 6.45) is 0. The topological polar surface area (TPSA) is 59.6 Å². The second-order valence-corrected chi connectivity index (χ2v) is 5.13. The monoisotopic (exact) mass is 377 g/mol. The molecule has 0 heterocycles. The molecule has 0 aliphatic carbocycles. The van der Waals surface area contributed by atoms with E-state index in [4.69, 9.17) is 10.5 Å². The van der Waals surface area contributed by atoms with Crippen LogP contribution in [0.4, 0.5) is 0 Å². The fraction of sp³-hybridized carbons (Fsp3) is 0.500. The highest BCUT2D eigenvalue weighted by Gasteiger charge is 2.18. The quantitative estimate of drug-likeness (QED) is 0.367. The van der Waals surface area contributed by atoms with Crippen molar-refractivity contribution in [1.82, 2.24) is 5.32 Å². The molecule has 3 N–H and O–H groups in total. The van der Waals surface area contributed by atoms with Crippen LogP contribution in [0.25, 0.3) is 0 Å². The van der Waals surface area contributed by atoms with E-state index in [0.717, 1.165) is 5.75 Å². The van der Waals surface area contributed by atoms with Crippen LogP contribution in [-0.4, -0.2) is 26.2 Å². The van der Waals surface area contributed by atoms with Crippen LogP contribution in [0.3, 0.4) is 0 Å². The molecule has 1 aromatic carbocycles. The van der Waals surface area contributed by atoms with E-state index < -0.39 is 0 Å². The molecule has 0 aromatic heterocycles. The molecule has 0 fully saturated rings. The molecule has 0 unspecified atom stereocenters. The third kappa shape index (κ3) is 6.13. The van der Waals surface area contributed by atoms with Gasteiger partial charge in [0.1, 0.15) is 12.4 Å². The minimum atomic E-state index is 0. The number of nitrogens with two attached hydrogens (primary N) is 1. The van der Waals surface area contributed by atoms with Crippen molar-refractivity contribution in [3.05, 3.63) is 29.8 Å². The zero-order chi connectivity index (χ0) is 13.6. The first-order valence-corrected chi connectivity index (χ1v) is 6.13. The molecule has 19 heavy (non-hydrogen) atoms. The van der Waals surface area contributed by atoms with E-state index in [0.29, 0.717) is 19.1 Å². The highest BCUT2D eigenvalue weighted by atomic mass is 127. The number of nitrogens with one attached hydrogen (secondary N) is 1. The van der Waals surface area contributed by atoms with Crippen LogP contribution in [0.1, 0.15) is 26.3 Å². The number of para-hydroxylation sites is 1. The third-order valence-corrected chi connectivity index (χ3v) is 2.60. The lowest BCUT2D eigenvalue weighted by Crippen LogP contribution is -2.34. The van der Waals surface area contributed by atoms with Crippen molar-refractivity contribution >= 4 is 29.9 Å². The van der Waals surface area contributed by atoms with Gasteiger partial charge in [-0.25, -0.2) is 0 Å². The van der Waals surface area contributed by atoms with Gasteiger partial charge in [-0.15, -0.1) is 24.0 Å². The fourth-order valence-corrected chi connectivity index (χ4v) is 1.63. The van der Waals surface area contributed by atoms with E-state index in [-0.39, 0.29) is 29.4 Å². The first kappa shape index (κ1) is 18.0. The van der Waals surface area contributed by atoms with Gasteiger partial charge in [0.15, 0.2) is 5.96 Å². The lowest BCUT2D eigenvalue weighted by Gasteiger charge is -2.22. The summed E-state index contributed by atoms with van der Waals surface area (Å²) in [5, 5.41) is 2.96. The summed E-state index contributed by atoms with van der Waals surface area (Å²) in [6.45, 7) is 7.73. The summed E-state index contributed by atoms with van der Waals surface area (Å²) in [5.41, 5.74) is 6.82. The van der Waals surface area contributed by atoms with Crippen LogP contribution in [0.15, 0.2) is 29.3 Å². The van der Waals surface area contributed by atoms with Crippen LogP contribution in [0.5, 0.6) is 5.75 Å². The molecule has 0 saturated carbocycles. The van der Waals surface area contributed by atoms with Crippen molar-refractivity contribution in [3.8, 4) is 5.75 Å². The van der Waals surface area contributed by atoms with Gasteiger partial charge in [0.25, 0.3) is 0 Å². The number of nitrogens with zero attached hydrogens (tertiary/aromatic N) is 1. The normalized spacial score (nSPS) is 11.7. The molecule has 1 rings (SSSR count). The molecule has 0 bridgehead atoms. The first-order chi connectivity index (χ1) is 8.45. The summed E-state index contributed by atoms with van der Waals surface area (Å²) in [5.74, 6) is 1.36. The predicted octanol–water partition coefficient (Wildman–Crippen LogP) is 2.52. The molecule has 1 aromatic rings. The highest BCUT2D eigenvalue weighted by molar-refractivity contribution is 14.0. The second kappa shape index (κ2) is 8.24. The molecule has 4 nitrogen and oxygen atoms in total. The Hall–Kier alpha value is -0.980. The Morgan fingerprint density at radius 2 is 1.95 bits per heavy atom. The van der Waals surface area contributed by atoms with Gasteiger partial charge < -0.3 is 15.8 Å². The number of hydrogen-bond acceptors (Lipinski definition) is 2. The van der Waals surface area contributed by atoms with Gasteiger partial charge >= 0.3 is 0 Å². The van der Waals surface area contributed by atoms with E-state index in [9.17, 15) is 0 Å². The number of halogens is 1. The van der Waals surface area contributed by atoms with Crippen molar-refractivity contribution in [2.75, 3.05) is 20.2 Å². The lowest BCUT2D eigenvalue weighted by molar-refractivity contribution is 0.313. The number of benzene rings is 1. The Kier molecular flexibility index (Phi) is 7.82. The molecule has 0 saturated heterocycles. The predicted molar refractivity (Wildman–Crippen MR) is 91.6 cm³/mol. The molecule has 0 spiro atoms. The molecule has 108 valence electrons. The van der Waals surface area contributed by atoms with Gasteiger partial charge in [0, 0.05) is 7.05 Å². The van der Waals surface area contributed by atoms with E-state index in [1.54, 1.807) is 7.05 Å². The van der Waals surface area contributed by atoms with Crippen LogP contribution in [0.2, 0.25) is 0 Å². The number of rotatable bonds is 4. The summed E-state index contributed by atoms with van der Waals surface area (Å²) in [7, 11) is 1.65. The number of aliphatic imine (C=N–C) groups is 1. The smallest absolute Gasteiger partial charge is 0.188 e. The Labute approximate surface area is 132 Å². The Balaban J connectivity index is 0.00000324. The molecule has 0 amide bonds. The SMILES string of the molecule is CN=C(N)NCCOc1ccccc1C(C)(C)C.I. The number of ether oxygens (including phenoxy) is 1. The standard InChI is InChI=1S/C14H23N3O.HI/c1-14(2,3)11-7-5-6-8-12(11)18-10-9-17-13(15)16-4;/h5-8H,9-10H2,1-4H3,(H3,15,16,17);1H. The Morgan fingerprint density at radius 1 is 1.32 bits per heavy atom. The highest BCUT2D eigenvalue weighted by Crippen LogP contribution is 2.30. The van der Waals surface area contributed by atoms with Crippen LogP contribution >= 0.6 is 24.0 Å². The number of guanidine groups is 1. The summed E-state index contributed by atoms with van der Waals surface area (Å²) >= 11 is 0.